The molecular weight excluding hydrogens is 500 g/mol. The second kappa shape index (κ2) is 9.96. The number of alkyl halides is 3. The summed E-state index contributed by atoms with van der Waals surface area (Å²) in [6.07, 6.45) is 1.06. The molecule has 0 spiro atoms. The van der Waals surface area contributed by atoms with Gasteiger partial charge in [0.2, 0.25) is 10.0 Å². The maximum atomic E-state index is 13.6. The lowest BCUT2D eigenvalue weighted by Crippen LogP contribution is -2.34. The van der Waals surface area contributed by atoms with Gasteiger partial charge in [-0.25, -0.2) is 21.9 Å². The zero-order valence-corrected chi connectivity index (χ0v) is 19.4. The molecule has 2 heterocycles. The van der Waals surface area contributed by atoms with Gasteiger partial charge in [-0.3, -0.25) is 4.98 Å². The van der Waals surface area contributed by atoms with Crippen LogP contribution in [0.4, 0.5) is 17.6 Å². The number of nitriles is 1. The molecule has 0 amide bonds. The smallest absolute Gasteiger partial charge is 0.387 e. The average molecular weight is 518 g/mol. The Morgan fingerprint density at radius 1 is 1.14 bits per heavy atom. The molecule has 0 radical (unpaired) electrons. The van der Waals surface area contributed by atoms with Crippen molar-refractivity contribution in [1.29, 1.82) is 5.26 Å². The van der Waals surface area contributed by atoms with Crippen molar-refractivity contribution in [2.75, 3.05) is 6.67 Å². The molecule has 0 unspecified atom stereocenters. The normalized spacial score (nSPS) is 12.6. The van der Waals surface area contributed by atoms with Crippen LogP contribution in [-0.4, -0.2) is 37.3 Å². The van der Waals surface area contributed by atoms with Gasteiger partial charge in [0.25, 0.3) is 0 Å². The molecule has 2 aromatic heterocycles. The van der Waals surface area contributed by atoms with Crippen LogP contribution in [0.15, 0.2) is 65.7 Å². The van der Waals surface area contributed by atoms with Crippen molar-refractivity contribution < 1.29 is 30.7 Å². The van der Waals surface area contributed by atoms with E-state index in [1.165, 1.54) is 66.1 Å². The fraction of sp³-hybridized carbons (Fsp3) is 0.167. The highest BCUT2D eigenvalue weighted by molar-refractivity contribution is 7.89. The first-order valence-corrected chi connectivity index (χ1v) is 12.0. The molecule has 0 fully saturated rings. The SMILES string of the molecule is C[C@H](CF)NS(=O)(=O)c1ccc(-c2c(C#N)c3ccc(OC(F)F)cc3n2-c2ccc(F)cc2)nc1. The number of benzene rings is 2. The second-order valence-electron chi connectivity index (χ2n) is 7.76. The molecule has 0 saturated carbocycles. The number of nitrogens with one attached hydrogen (secondary N) is 1. The molecule has 4 aromatic rings. The molecule has 36 heavy (non-hydrogen) atoms. The van der Waals surface area contributed by atoms with Crippen LogP contribution in [0.3, 0.4) is 0 Å². The number of rotatable bonds is 8. The molecule has 7 nitrogen and oxygen atoms in total. The summed E-state index contributed by atoms with van der Waals surface area (Å²) in [6, 6.07) is 13.0. The van der Waals surface area contributed by atoms with E-state index in [-0.39, 0.29) is 27.6 Å². The summed E-state index contributed by atoms with van der Waals surface area (Å²) in [5, 5.41) is 10.3. The number of pyridine rings is 1. The number of ether oxygens (including phenoxy) is 1. The average Bonchev–Trinajstić information content (AvgIpc) is 3.17. The molecule has 2 aromatic carbocycles. The summed E-state index contributed by atoms with van der Waals surface area (Å²) in [5.74, 6) is -0.668. The quantitative estimate of drug-likeness (QED) is 0.333. The van der Waals surface area contributed by atoms with E-state index in [2.05, 4.69) is 20.5 Å². The fourth-order valence-corrected chi connectivity index (χ4v) is 4.87. The Bertz CT molecular complexity index is 1550. The van der Waals surface area contributed by atoms with E-state index < -0.39 is 35.2 Å². The van der Waals surface area contributed by atoms with E-state index in [1.54, 1.807) is 0 Å². The summed E-state index contributed by atoms with van der Waals surface area (Å²) in [7, 11) is -4.05. The van der Waals surface area contributed by atoms with Gasteiger partial charge in [0.15, 0.2) is 0 Å². The third-order valence-corrected chi connectivity index (χ3v) is 6.81. The van der Waals surface area contributed by atoms with E-state index in [9.17, 15) is 31.2 Å². The third kappa shape index (κ3) is 4.89. The van der Waals surface area contributed by atoms with Crippen LogP contribution in [0.1, 0.15) is 12.5 Å². The van der Waals surface area contributed by atoms with Gasteiger partial charge in [-0.15, -0.1) is 0 Å². The van der Waals surface area contributed by atoms with Gasteiger partial charge in [0.1, 0.15) is 29.2 Å². The van der Waals surface area contributed by atoms with Crippen molar-refractivity contribution in [2.45, 2.75) is 24.5 Å². The van der Waals surface area contributed by atoms with E-state index in [1.807, 2.05) is 0 Å². The van der Waals surface area contributed by atoms with Crippen molar-refractivity contribution in [3.05, 3.63) is 72.2 Å². The lowest BCUT2D eigenvalue weighted by Gasteiger charge is -2.13. The molecule has 186 valence electrons. The van der Waals surface area contributed by atoms with Crippen LogP contribution in [0.5, 0.6) is 5.75 Å². The number of sulfonamides is 1. The van der Waals surface area contributed by atoms with Gasteiger partial charge in [-0.05, 0) is 55.5 Å². The van der Waals surface area contributed by atoms with Crippen molar-refractivity contribution in [2.24, 2.45) is 0 Å². The molecule has 0 aliphatic rings. The first kappa shape index (κ1) is 25.2. The molecule has 12 heteroatoms. The molecule has 0 aliphatic carbocycles. The second-order valence-corrected chi connectivity index (χ2v) is 9.47. The molecule has 1 N–H and O–H groups in total. The number of hydrogen-bond acceptors (Lipinski definition) is 5. The lowest BCUT2D eigenvalue weighted by molar-refractivity contribution is -0.0497. The van der Waals surface area contributed by atoms with Crippen LogP contribution in [0.2, 0.25) is 0 Å². The minimum atomic E-state index is -4.05. The molecule has 0 bridgehead atoms. The first-order valence-electron chi connectivity index (χ1n) is 10.5. The van der Waals surface area contributed by atoms with E-state index in [4.69, 9.17) is 0 Å². The van der Waals surface area contributed by atoms with Gasteiger partial charge in [-0.2, -0.15) is 14.0 Å². The molecule has 1 atom stereocenters. The van der Waals surface area contributed by atoms with Gasteiger partial charge < -0.3 is 9.30 Å². The summed E-state index contributed by atoms with van der Waals surface area (Å²) < 4.78 is 85.2. The van der Waals surface area contributed by atoms with Gasteiger partial charge >= 0.3 is 6.61 Å². The zero-order valence-electron chi connectivity index (χ0n) is 18.6. The first-order chi connectivity index (χ1) is 17.1. The van der Waals surface area contributed by atoms with Crippen molar-refractivity contribution in [3.63, 3.8) is 0 Å². The number of halogens is 4. The van der Waals surface area contributed by atoms with Crippen LogP contribution < -0.4 is 9.46 Å². The predicted octanol–water partition coefficient (Wildman–Crippen LogP) is 4.94. The number of hydrogen-bond donors (Lipinski definition) is 1. The highest BCUT2D eigenvalue weighted by atomic mass is 32.2. The highest BCUT2D eigenvalue weighted by Gasteiger charge is 2.23. The number of fused-ring (bicyclic) bond motifs is 1. The van der Waals surface area contributed by atoms with Crippen LogP contribution in [-0.2, 0) is 10.0 Å². The Hall–Kier alpha value is -3.95. The lowest BCUT2D eigenvalue weighted by atomic mass is 10.1. The highest BCUT2D eigenvalue weighted by Crippen LogP contribution is 2.37. The van der Waals surface area contributed by atoms with Crippen LogP contribution in [0.25, 0.3) is 28.0 Å². The molecule has 0 aliphatic heterocycles. The maximum absolute atomic E-state index is 13.6. The van der Waals surface area contributed by atoms with Crippen LogP contribution >= 0.6 is 0 Å². The Morgan fingerprint density at radius 2 is 1.86 bits per heavy atom. The van der Waals surface area contributed by atoms with Gasteiger partial charge in [0, 0.05) is 29.4 Å². The van der Waals surface area contributed by atoms with Crippen molar-refractivity contribution in [3.8, 4) is 28.9 Å². The minimum Gasteiger partial charge on any atom is -0.435 e. The summed E-state index contributed by atoms with van der Waals surface area (Å²) in [6.45, 7) is -2.60. The Labute approximate surface area is 203 Å². The molecule has 0 saturated heterocycles. The van der Waals surface area contributed by atoms with E-state index in [0.717, 1.165) is 6.20 Å². The van der Waals surface area contributed by atoms with Crippen LogP contribution in [0, 0.1) is 17.1 Å². The Kier molecular flexibility index (Phi) is 6.96. The summed E-state index contributed by atoms with van der Waals surface area (Å²) >= 11 is 0. The van der Waals surface area contributed by atoms with Gasteiger partial charge in [-0.1, -0.05) is 0 Å². The molecule has 4 rings (SSSR count). The number of nitrogens with zero attached hydrogens (tertiary/aromatic N) is 3. The number of aromatic nitrogens is 2. The van der Waals surface area contributed by atoms with E-state index >= 15 is 0 Å². The minimum absolute atomic E-state index is 0.130. The monoisotopic (exact) mass is 518 g/mol. The van der Waals surface area contributed by atoms with Crippen molar-refractivity contribution >= 4 is 20.9 Å². The van der Waals surface area contributed by atoms with E-state index in [0.29, 0.717) is 16.6 Å². The van der Waals surface area contributed by atoms with Gasteiger partial charge in [0.05, 0.1) is 22.5 Å². The summed E-state index contributed by atoms with van der Waals surface area (Å²) in [5.41, 5.74) is 1.24. The predicted molar refractivity (Wildman–Crippen MR) is 124 cm³/mol. The summed E-state index contributed by atoms with van der Waals surface area (Å²) in [4.78, 5) is 4.00. The Balaban J connectivity index is 1.94. The maximum Gasteiger partial charge on any atom is 0.387 e. The molecular formula is C24H18F4N4O3S. The Morgan fingerprint density at radius 3 is 2.44 bits per heavy atom. The third-order valence-electron chi connectivity index (χ3n) is 5.24. The fourth-order valence-electron chi connectivity index (χ4n) is 3.70. The topological polar surface area (TPSA) is 97.0 Å². The zero-order chi connectivity index (χ0) is 26.0. The largest absolute Gasteiger partial charge is 0.435 e. The standard InChI is InChI=1S/C24H18F4N4O3S/c1-14(11-25)31-36(33,34)18-7-9-21(30-13-18)23-20(12-29)19-8-6-17(35-24(27)28)10-22(19)32(23)16-4-2-15(26)3-5-16/h2-10,13-14,24,31H,11H2,1H3/t14-/m1/s1. The van der Waals surface area contributed by atoms with Crippen molar-refractivity contribution in [1.82, 2.24) is 14.3 Å².